The Hall–Kier alpha value is -2.66. The zero-order valence-corrected chi connectivity index (χ0v) is 16.3. The summed E-state index contributed by atoms with van der Waals surface area (Å²) in [6, 6.07) is 21.7. The third-order valence-corrected chi connectivity index (χ3v) is 5.13. The van der Waals surface area contributed by atoms with Gasteiger partial charge in [-0.25, -0.2) is 0 Å². The molecule has 1 heterocycles. The van der Waals surface area contributed by atoms with Crippen molar-refractivity contribution >= 4 is 26.8 Å². The van der Waals surface area contributed by atoms with Crippen molar-refractivity contribution in [2.45, 2.75) is 12.6 Å². The van der Waals surface area contributed by atoms with Crippen LogP contribution < -0.4 is 0 Å². The smallest absolute Gasteiger partial charge is 0.255 e. The molecule has 0 amide bonds. The molecule has 1 aromatic heterocycles. The molecule has 0 aliphatic carbocycles. The van der Waals surface area contributed by atoms with Crippen LogP contribution in [-0.4, -0.2) is 4.98 Å². The lowest BCUT2D eigenvalue weighted by Gasteiger charge is -2.16. The largest absolute Gasteiger partial charge is 0.418 e. The number of pyridine rings is 1. The topological polar surface area (TPSA) is 12.9 Å². The average molecular weight is 442 g/mol. The van der Waals surface area contributed by atoms with E-state index in [1.165, 1.54) is 6.07 Å². The molecule has 0 saturated carbocycles. The van der Waals surface area contributed by atoms with E-state index in [1.807, 2.05) is 54.6 Å². The van der Waals surface area contributed by atoms with Crippen LogP contribution in [0.4, 0.5) is 13.2 Å². The number of fused-ring (bicyclic) bond motifs is 1. The Kier molecular flexibility index (Phi) is 4.94. The third kappa shape index (κ3) is 3.67. The second-order valence-electron chi connectivity index (χ2n) is 6.53. The van der Waals surface area contributed by atoms with Gasteiger partial charge in [-0.05, 0) is 46.9 Å². The van der Waals surface area contributed by atoms with Crippen LogP contribution in [0, 0.1) is 0 Å². The Bertz CT molecular complexity index is 1140. The lowest BCUT2D eigenvalue weighted by atomic mass is 9.92. The first kappa shape index (κ1) is 18.7. The van der Waals surface area contributed by atoms with E-state index in [4.69, 9.17) is 0 Å². The number of aromatic nitrogens is 1. The number of hydrogen-bond donors (Lipinski definition) is 0. The predicted octanol–water partition coefficient (Wildman–Crippen LogP) is 7.27. The van der Waals surface area contributed by atoms with Crippen LogP contribution in [0.25, 0.3) is 22.0 Å². The zero-order chi connectivity index (χ0) is 19.7. The molecule has 0 spiro atoms. The van der Waals surface area contributed by atoms with Gasteiger partial charge in [-0.15, -0.1) is 0 Å². The fraction of sp³-hybridized carbons (Fsp3) is 0.0870. The fourth-order valence-corrected chi connectivity index (χ4v) is 3.83. The predicted molar refractivity (Wildman–Crippen MR) is 109 cm³/mol. The van der Waals surface area contributed by atoms with Crippen molar-refractivity contribution in [3.05, 3.63) is 100 Å². The first-order valence-electron chi connectivity index (χ1n) is 8.71. The maximum atomic E-state index is 13.5. The lowest BCUT2D eigenvalue weighted by molar-refractivity contribution is -0.136. The van der Waals surface area contributed by atoms with Gasteiger partial charge in [0, 0.05) is 16.1 Å². The van der Waals surface area contributed by atoms with E-state index in [2.05, 4.69) is 20.9 Å². The molecular weight excluding hydrogens is 427 g/mol. The highest BCUT2D eigenvalue weighted by Crippen LogP contribution is 2.39. The van der Waals surface area contributed by atoms with Gasteiger partial charge in [-0.3, -0.25) is 4.98 Å². The number of halogens is 4. The van der Waals surface area contributed by atoms with E-state index >= 15 is 0 Å². The lowest BCUT2D eigenvalue weighted by Crippen LogP contribution is -2.07. The van der Waals surface area contributed by atoms with Crippen LogP contribution in [0.15, 0.2) is 83.5 Å². The van der Waals surface area contributed by atoms with Crippen LogP contribution in [0.5, 0.6) is 0 Å². The fourth-order valence-electron chi connectivity index (χ4n) is 3.43. The third-order valence-electron chi connectivity index (χ3n) is 4.63. The molecule has 3 aromatic carbocycles. The number of hydrogen-bond acceptors (Lipinski definition) is 1. The van der Waals surface area contributed by atoms with Gasteiger partial charge in [0.15, 0.2) is 0 Å². The van der Waals surface area contributed by atoms with E-state index in [9.17, 15) is 13.2 Å². The molecule has 0 fully saturated rings. The summed E-state index contributed by atoms with van der Waals surface area (Å²) in [7, 11) is 0. The summed E-state index contributed by atoms with van der Waals surface area (Å²) in [4.78, 5) is 4.22. The summed E-state index contributed by atoms with van der Waals surface area (Å²) < 4.78 is 41.4. The summed E-state index contributed by atoms with van der Waals surface area (Å²) in [5.41, 5.74) is 2.85. The van der Waals surface area contributed by atoms with Crippen LogP contribution >= 0.6 is 15.9 Å². The van der Waals surface area contributed by atoms with Crippen molar-refractivity contribution in [2.24, 2.45) is 0 Å². The molecule has 4 rings (SSSR count). The highest BCUT2D eigenvalue weighted by Gasteiger charge is 2.33. The van der Waals surface area contributed by atoms with Gasteiger partial charge in [-0.2, -0.15) is 13.2 Å². The van der Waals surface area contributed by atoms with Gasteiger partial charge in [0.2, 0.25) is 0 Å². The maximum Gasteiger partial charge on any atom is 0.418 e. The standard InChI is InChI=1S/C23H15BrF3N/c24-18-9-4-8-16(13-18)21-17(12-15-6-2-1-3-7-15)14-28-22-19(21)10-5-11-20(22)23(25,26)27/h1-11,13-14H,12H2. The van der Waals surface area contributed by atoms with E-state index in [0.717, 1.165) is 32.8 Å². The van der Waals surface area contributed by atoms with Crippen molar-refractivity contribution in [3.63, 3.8) is 0 Å². The van der Waals surface area contributed by atoms with Gasteiger partial charge in [0.25, 0.3) is 0 Å². The van der Waals surface area contributed by atoms with Crippen LogP contribution in [0.1, 0.15) is 16.7 Å². The van der Waals surface area contributed by atoms with Crippen LogP contribution in [0.2, 0.25) is 0 Å². The summed E-state index contributed by atoms with van der Waals surface area (Å²) in [5, 5.41) is 0.501. The summed E-state index contributed by atoms with van der Waals surface area (Å²) in [5.74, 6) is 0. The minimum Gasteiger partial charge on any atom is -0.255 e. The molecule has 0 saturated heterocycles. The number of alkyl halides is 3. The molecule has 5 heteroatoms. The monoisotopic (exact) mass is 441 g/mol. The quantitative estimate of drug-likeness (QED) is 0.325. The van der Waals surface area contributed by atoms with Crippen LogP contribution in [-0.2, 0) is 12.6 Å². The molecule has 4 aromatic rings. The Morgan fingerprint density at radius 2 is 1.61 bits per heavy atom. The SMILES string of the molecule is FC(F)(F)c1cccc2c(-c3cccc(Br)c3)c(Cc3ccccc3)cnc12. The molecular formula is C23H15BrF3N. The van der Waals surface area contributed by atoms with E-state index in [0.29, 0.717) is 11.8 Å². The minimum atomic E-state index is -4.46. The van der Waals surface area contributed by atoms with Gasteiger partial charge < -0.3 is 0 Å². The van der Waals surface area contributed by atoms with E-state index in [1.54, 1.807) is 12.3 Å². The first-order valence-corrected chi connectivity index (χ1v) is 9.50. The number of rotatable bonds is 3. The van der Waals surface area contributed by atoms with Crippen molar-refractivity contribution in [1.29, 1.82) is 0 Å². The molecule has 0 atom stereocenters. The molecule has 0 radical (unpaired) electrons. The maximum absolute atomic E-state index is 13.5. The molecule has 0 N–H and O–H groups in total. The Balaban J connectivity index is 2.00. The Morgan fingerprint density at radius 3 is 2.32 bits per heavy atom. The van der Waals surface area contributed by atoms with E-state index < -0.39 is 11.7 Å². The normalized spacial score (nSPS) is 11.7. The highest BCUT2D eigenvalue weighted by atomic mass is 79.9. The van der Waals surface area contributed by atoms with Crippen molar-refractivity contribution in [3.8, 4) is 11.1 Å². The summed E-state index contributed by atoms with van der Waals surface area (Å²) >= 11 is 3.47. The first-order chi connectivity index (χ1) is 13.4. The molecule has 28 heavy (non-hydrogen) atoms. The Labute approximate surface area is 169 Å². The molecule has 1 nitrogen and oxygen atoms in total. The summed E-state index contributed by atoms with van der Waals surface area (Å²) in [6.07, 6.45) is -2.30. The summed E-state index contributed by atoms with van der Waals surface area (Å²) in [6.45, 7) is 0. The number of benzene rings is 3. The van der Waals surface area contributed by atoms with Crippen molar-refractivity contribution in [1.82, 2.24) is 4.98 Å². The van der Waals surface area contributed by atoms with E-state index in [-0.39, 0.29) is 5.52 Å². The van der Waals surface area contributed by atoms with Crippen molar-refractivity contribution in [2.75, 3.05) is 0 Å². The van der Waals surface area contributed by atoms with Gasteiger partial charge in [-0.1, -0.05) is 70.5 Å². The number of para-hydroxylation sites is 1. The molecule has 0 aliphatic heterocycles. The number of nitrogens with zero attached hydrogens (tertiary/aromatic N) is 1. The second-order valence-corrected chi connectivity index (χ2v) is 7.45. The molecule has 140 valence electrons. The van der Waals surface area contributed by atoms with Crippen LogP contribution in [0.3, 0.4) is 0 Å². The zero-order valence-electron chi connectivity index (χ0n) is 14.7. The van der Waals surface area contributed by atoms with Gasteiger partial charge >= 0.3 is 6.18 Å². The molecule has 0 bridgehead atoms. The van der Waals surface area contributed by atoms with Crippen molar-refractivity contribution < 1.29 is 13.2 Å². The molecule has 0 unspecified atom stereocenters. The van der Waals surface area contributed by atoms with Gasteiger partial charge in [0.1, 0.15) is 0 Å². The van der Waals surface area contributed by atoms with Gasteiger partial charge in [0.05, 0.1) is 11.1 Å². The minimum absolute atomic E-state index is 0.0261. The molecule has 0 aliphatic rings. The Morgan fingerprint density at radius 1 is 0.857 bits per heavy atom. The second kappa shape index (κ2) is 7.40. The highest BCUT2D eigenvalue weighted by molar-refractivity contribution is 9.10. The average Bonchev–Trinajstić information content (AvgIpc) is 2.67.